The Balaban J connectivity index is 1.26. The van der Waals surface area contributed by atoms with Gasteiger partial charge in [-0.15, -0.1) is 0 Å². The molecule has 0 saturated heterocycles. The van der Waals surface area contributed by atoms with Gasteiger partial charge in [-0.1, -0.05) is 133 Å². The van der Waals surface area contributed by atoms with Crippen LogP contribution in [0.15, 0.2) is 158 Å². The van der Waals surface area contributed by atoms with E-state index in [1.807, 2.05) is 12.1 Å². The maximum atomic E-state index is 5.11. The minimum atomic E-state index is 0.710. The van der Waals surface area contributed by atoms with Crippen LogP contribution in [0.1, 0.15) is 16.8 Å². The second-order valence-corrected chi connectivity index (χ2v) is 13.1. The molecule has 238 valence electrons. The van der Waals surface area contributed by atoms with Gasteiger partial charge in [-0.3, -0.25) is 0 Å². The van der Waals surface area contributed by atoms with Gasteiger partial charge in [0.25, 0.3) is 0 Å². The molecule has 3 aromatic heterocycles. The third-order valence-corrected chi connectivity index (χ3v) is 10.1. The summed E-state index contributed by atoms with van der Waals surface area (Å²) in [6, 6.07) is 55.9. The second-order valence-electron chi connectivity index (χ2n) is 13.1. The Hall–Kier alpha value is -6.32. The lowest BCUT2D eigenvalue weighted by molar-refractivity contribution is 1.15. The fourth-order valence-electron chi connectivity index (χ4n) is 7.64. The fourth-order valence-corrected chi connectivity index (χ4v) is 7.64. The van der Waals surface area contributed by atoms with Crippen molar-refractivity contribution < 1.29 is 0 Å². The lowest BCUT2D eigenvalue weighted by Gasteiger charge is -2.18. The molecule has 0 aliphatic heterocycles. The van der Waals surface area contributed by atoms with Gasteiger partial charge in [-0.25, -0.2) is 9.97 Å². The first-order chi connectivity index (χ1) is 24.5. The van der Waals surface area contributed by atoms with Crippen molar-refractivity contribution in [2.45, 2.75) is 20.8 Å². The van der Waals surface area contributed by atoms with E-state index in [9.17, 15) is 0 Å². The molecule has 9 rings (SSSR count). The van der Waals surface area contributed by atoms with E-state index < -0.39 is 0 Å². The van der Waals surface area contributed by atoms with Crippen LogP contribution in [-0.2, 0) is 0 Å². The molecule has 0 radical (unpaired) electrons. The Morgan fingerprint density at radius 3 is 1.76 bits per heavy atom. The topological polar surface area (TPSA) is 30.2 Å². The molecule has 9 aromatic rings. The van der Waals surface area contributed by atoms with E-state index in [0.717, 1.165) is 39.2 Å². The van der Waals surface area contributed by atoms with Crippen molar-refractivity contribution in [3.8, 4) is 56.2 Å². The van der Waals surface area contributed by atoms with E-state index in [1.165, 1.54) is 55.1 Å². The van der Waals surface area contributed by atoms with Crippen LogP contribution < -0.4 is 0 Å². The van der Waals surface area contributed by atoms with Gasteiger partial charge in [0.2, 0.25) is 0 Å². The first kappa shape index (κ1) is 29.8. The van der Waals surface area contributed by atoms with Crippen LogP contribution in [0.25, 0.3) is 83.3 Å². The Morgan fingerprint density at radius 2 is 1.04 bits per heavy atom. The Bertz CT molecular complexity index is 2660. The third kappa shape index (κ3) is 4.90. The van der Waals surface area contributed by atoms with Gasteiger partial charge in [0.05, 0.1) is 22.4 Å². The van der Waals surface area contributed by atoms with Crippen molar-refractivity contribution in [3.05, 3.63) is 175 Å². The van der Waals surface area contributed by atoms with Crippen molar-refractivity contribution in [1.82, 2.24) is 14.4 Å². The van der Waals surface area contributed by atoms with Crippen LogP contribution >= 0.6 is 0 Å². The van der Waals surface area contributed by atoms with E-state index in [0.29, 0.717) is 5.82 Å². The number of aromatic nitrogens is 3. The average Bonchev–Trinajstić information content (AvgIpc) is 3.48. The van der Waals surface area contributed by atoms with E-state index in [4.69, 9.17) is 9.97 Å². The van der Waals surface area contributed by atoms with Gasteiger partial charge in [0, 0.05) is 38.7 Å². The summed E-state index contributed by atoms with van der Waals surface area (Å²) in [7, 11) is 0. The Morgan fingerprint density at radius 1 is 0.440 bits per heavy atom. The number of hydrogen-bond acceptors (Lipinski definition) is 2. The highest BCUT2D eigenvalue weighted by Gasteiger charge is 2.20. The molecule has 0 fully saturated rings. The molecule has 0 spiro atoms. The molecule has 0 unspecified atom stereocenters. The maximum Gasteiger partial charge on any atom is 0.160 e. The van der Waals surface area contributed by atoms with Crippen LogP contribution in [0.5, 0.6) is 0 Å². The molecule has 3 heteroatoms. The number of para-hydroxylation sites is 1. The zero-order valence-electron chi connectivity index (χ0n) is 28.4. The van der Waals surface area contributed by atoms with Crippen LogP contribution in [0, 0.1) is 20.8 Å². The van der Waals surface area contributed by atoms with E-state index in [2.05, 4.69) is 171 Å². The van der Waals surface area contributed by atoms with E-state index >= 15 is 0 Å². The number of aryl methyl sites for hydroxylation is 3. The molecule has 0 amide bonds. The Labute approximate surface area is 292 Å². The normalized spacial score (nSPS) is 11.5. The third-order valence-electron chi connectivity index (χ3n) is 10.1. The van der Waals surface area contributed by atoms with Gasteiger partial charge < -0.3 is 4.40 Å². The van der Waals surface area contributed by atoms with E-state index in [-0.39, 0.29) is 0 Å². The van der Waals surface area contributed by atoms with Crippen LogP contribution in [0.4, 0.5) is 0 Å². The summed E-state index contributed by atoms with van der Waals surface area (Å²) in [4.78, 5) is 10.2. The lowest BCUT2D eigenvalue weighted by Crippen LogP contribution is -1.99. The van der Waals surface area contributed by atoms with Crippen molar-refractivity contribution in [2.75, 3.05) is 0 Å². The fraction of sp³-hybridized carbons (Fsp3) is 0.0638. The number of hydrogen-bond donors (Lipinski definition) is 0. The zero-order chi connectivity index (χ0) is 33.8. The molecule has 3 nitrogen and oxygen atoms in total. The minimum Gasteiger partial charge on any atom is -0.312 e. The highest BCUT2D eigenvalue weighted by molar-refractivity contribution is 6.12. The number of nitrogens with zero attached hydrogens (tertiary/aromatic N) is 3. The SMILES string of the molecule is Cc1ccccc1-c1c(C)n2c3ccccc3c(C)c2c2cc(-c3cccc(-c4nc(-c5ccccc5)cc(-c5ccccc5)n4)c3)ccc12. The summed E-state index contributed by atoms with van der Waals surface area (Å²) >= 11 is 0. The van der Waals surface area contributed by atoms with Gasteiger partial charge in [-0.2, -0.15) is 0 Å². The van der Waals surface area contributed by atoms with Gasteiger partial charge in [0.1, 0.15) is 0 Å². The first-order valence-corrected chi connectivity index (χ1v) is 17.2. The van der Waals surface area contributed by atoms with Crippen LogP contribution in [-0.4, -0.2) is 14.4 Å². The highest BCUT2D eigenvalue weighted by atomic mass is 14.9. The highest BCUT2D eigenvalue weighted by Crippen LogP contribution is 2.42. The molecule has 0 atom stereocenters. The number of pyridine rings is 1. The van der Waals surface area contributed by atoms with Crippen molar-refractivity contribution in [3.63, 3.8) is 0 Å². The zero-order valence-corrected chi connectivity index (χ0v) is 28.4. The molecule has 0 bridgehead atoms. The minimum absolute atomic E-state index is 0.710. The molecule has 0 aliphatic rings. The lowest BCUT2D eigenvalue weighted by atomic mass is 9.91. The number of rotatable bonds is 5. The van der Waals surface area contributed by atoms with Gasteiger partial charge in [0.15, 0.2) is 5.82 Å². The standard InChI is InChI=1S/C47H35N3/c1-30-15-10-11-22-38(30)45-32(3)50-44-24-13-12-23-39(44)31(2)46(50)41-28-36(25-26-40(41)45)35-20-14-21-37(27-35)47-48-42(33-16-6-4-7-17-33)29-43(49-47)34-18-8-5-9-19-34/h4-29H,1-3H3. The molecule has 0 N–H and O–H groups in total. The second kappa shape index (κ2) is 12.0. The molecule has 50 heavy (non-hydrogen) atoms. The summed E-state index contributed by atoms with van der Waals surface area (Å²) in [6.45, 7) is 6.74. The molecule has 3 heterocycles. The predicted octanol–water partition coefficient (Wildman–Crippen LogP) is 12.3. The summed E-state index contributed by atoms with van der Waals surface area (Å²) in [5, 5.41) is 3.80. The maximum absolute atomic E-state index is 5.11. The molecular weight excluding hydrogens is 607 g/mol. The summed E-state index contributed by atoms with van der Waals surface area (Å²) in [6.07, 6.45) is 0. The summed E-state index contributed by atoms with van der Waals surface area (Å²) in [5.41, 5.74) is 16.1. The predicted molar refractivity (Wildman–Crippen MR) is 209 cm³/mol. The number of fused-ring (bicyclic) bond motifs is 5. The first-order valence-electron chi connectivity index (χ1n) is 17.2. The monoisotopic (exact) mass is 641 g/mol. The summed E-state index contributed by atoms with van der Waals surface area (Å²) < 4.78 is 2.48. The Kier molecular flexibility index (Phi) is 7.14. The van der Waals surface area contributed by atoms with Crippen molar-refractivity contribution in [2.24, 2.45) is 0 Å². The summed E-state index contributed by atoms with van der Waals surface area (Å²) in [5.74, 6) is 0.710. The van der Waals surface area contributed by atoms with Crippen LogP contribution in [0.3, 0.4) is 0 Å². The van der Waals surface area contributed by atoms with Gasteiger partial charge >= 0.3 is 0 Å². The number of benzene rings is 6. The van der Waals surface area contributed by atoms with Crippen molar-refractivity contribution >= 4 is 27.2 Å². The van der Waals surface area contributed by atoms with E-state index in [1.54, 1.807) is 0 Å². The quantitative estimate of drug-likeness (QED) is 0.187. The van der Waals surface area contributed by atoms with Crippen molar-refractivity contribution in [1.29, 1.82) is 0 Å². The van der Waals surface area contributed by atoms with Gasteiger partial charge in [-0.05, 0) is 78.2 Å². The smallest absolute Gasteiger partial charge is 0.160 e. The molecule has 0 aliphatic carbocycles. The molecular formula is C47H35N3. The largest absolute Gasteiger partial charge is 0.312 e. The molecule has 6 aromatic carbocycles. The average molecular weight is 642 g/mol. The molecule has 0 saturated carbocycles. The van der Waals surface area contributed by atoms with Crippen LogP contribution in [0.2, 0.25) is 0 Å².